The molecule has 0 aromatic carbocycles. The third-order valence-corrected chi connectivity index (χ3v) is 3.00. The second-order valence-corrected chi connectivity index (χ2v) is 4.09. The highest BCUT2D eigenvalue weighted by Crippen LogP contribution is 2.13. The summed E-state index contributed by atoms with van der Waals surface area (Å²) >= 11 is 0. The summed E-state index contributed by atoms with van der Waals surface area (Å²) in [6.45, 7) is 4.09. The van der Waals surface area contributed by atoms with Crippen molar-refractivity contribution in [2.75, 3.05) is 40.3 Å². The first-order valence-electron chi connectivity index (χ1n) is 5.30. The van der Waals surface area contributed by atoms with E-state index in [0.29, 0.717) is 6.04 Å². The molecule has 82 valence electrons. The predicted octanol–water partition coefficient (Wildman–Crippen LogP) is -0.242. The monoisotopic (exact) mass is 199 g/mol. The summed E-state index contributed by atoms with van der Waals surface area (Å²) in [6.07, 6.45) is 3.25. The highest BCUT2D eigenvalue weighted by Gasteiger charge is 2.19. The molecule has 0 aromatic heterocycles. The molecule has 0 atom stereocenters. The Hall–Kier alpha value is -0.610. The zero-order valence-corrected chi connectivity index (χ0v) is 9.20. The Morgan fingerprint density at radius 2 is 2.14 bits per heavy atom. The quantitative estimate of drug-likeness (QED) is 0.490. The number of nitrogens with one attached hydrogen (secondary N) is 1. The normalized spacial score (nSPS) is 19.9. The minimum atomic E-state index is 0.694. The molecule has 0 unspecified atom stereocenters. The fourth-order valence-electron chi connectivity index (χ4n) is 1.92. The lowest BCUT2D eigenvalue weighted by Crippen LogP contribution is -2.43. The molecule has 1 rings (SSSR count). The van der Waals surface area contributed by atoms with Crippen LogP contribution in [0.15, 0.2) is 0 Å². The molecule has 0 spiro atoms. The van der Waals surface area contributed by atoms with Crippen molar-refractivity contribution in [2.24, 2.45) is 0 Å². The van der Waals surface area contributed by atoms with Crippen LogP contribution in [0.1, 0.15) is 12.8 Å². The second kappa shape index (κ2) is 5.98. The second-order valence-electron chi connectivity index (χ2n) is 4.09. The Bertz CT molecular complexity index is 167. The van der Waals surface area contributed by atoms with Crippen molar-refractivity contribution in [1.29, 1.82) is 0 Å². The van der Waals surface area contributed by atoms with Gasteiger partial charge < -0.3 is 15.1 Å². The summed E-state index contributed by atoms with van der Waals surface area (Å²) in [5, 5.41) is 2.69. The lowest BCUT2D eigenvalue weighted by molar-refractivity contribution is -0.109. The van der Waals surface area contributed by atoms with Gasteiger partial charge in [0.25, 0.3) is 0 Å². The molecule has 1 N–H and O–H groups in total. The Morgan fingerprint density at radius 1 is 1.50 bits per heavy atom. The molecule has 0 saturated carbocycles. The molecule has 1 aliphatic heterocycles. The molecule has 4 nitrogen and oxygen atoms in total. The average Bonchev–Trinajstić information content (AvgIpc) is 2.19. The van der Waals surface area contributed by atoms with Gasteiger partial charge in [-0.1, -0.05) is 0 Å². The van der Waals surface area contributed by atoms with Crippen molar-refractivity contribution in [2.45, 2.75) is 18.9 Å². The number of nitrogens with zero attached hydrogens (tertiary/aromatic N) is 2. The standard InChI is InChI=1S/C10H21N3O/c1-12-6-3-10(4-7-12)13(2)8-5-11-9-14/h9-10H,3-8H2,1-2H3,(H,11,14). The Morgan fingerprint density at radius 3 is 2.71 bits per heavy atom. The van der Waals surface area contributed by atoms with Crippen LogP contribution in [0.3, 0.4) is 0 Å². The minimum Gasteiger partial charge on any atom is -0.357 e. The summed E-state index contributed by atoms with van der Waals surface area (Å²) < 4.78 is 0. The molecule has 1 aliphatic rings. The third-order valence-electron chi connectivity index (χ3n) is 3.00. The number of hydrogen-bond acceptors (Lipinski definition) is 3. The van der Waals surface area contributed by atoms with Gasteiger partial charge in [-0.25, -0.2) is 0 Å². The average molecular weight is 199 g/mol. The van der Waals surface area contributed by atoms with Crippen molar-refractivity contribution in [3.63, 3.8) is 0 Å². The lowest BCUT2D eigenvalue weighted by Gasteiger charge is -2.35. The van der Waals surface area contributed by atoms with E-state index in [0.717, 1.165) is 19.5 Å². The topological polar surface area (TPSA) is 35.6 Å². The van der Waals surface area contributed by atoms with Gasteiger partial charge in [0.15, 0.2) is 0 Å². The van der Waals surface area contributed by atoms with E-state index in [4.69, 9.17) is 0 Å². The first-order valence-corrected chi connectivity index (χ1v) is 5.30. The molecule has 4 heteroatoms. The minimum absolute atomic E-state index is 0.694. The molecule has 1 heterocycles. The number of piperidine rings is 1. The zero-order chi connectivity index (χ0) is 10.4. The summed E-state index contributed by atoms with van der Waals surface area (Å²) in [5.41, 5.74) is 0. The van der Waals surface area contributed by atoms with Crippen LogP contribution in [-0.4, -0.2) is 62.5 Å². The largest absolute Gasteiger partial charge is 0.357 e. The van der Waals surface area contributed by atoms with Crippen molar-refractivity contribution in [1.82, 2.24) is 15.1 Å². The molecule has 0 radical (unpaired) electrons. The molecule has 1 fully saturated rings. The van der Waals surface area contributed by atoms with E-state index < -0.39 is 0 Å². The van der Waals surface area contributed by atoms with Crippen molar-refractivity contribution in [3.8, 4) is 0 Å². The maximum Gasteiger partial charge on any atom is 0.207 e. The number of carbonyl (C=O) groups excluding carboxylic acids is 1. The van der Waals surface area contributed by atoms with Gasteiger partial charge in [0.2, 0.25) is 6.41 Å². The third kappa shape index (κ3) is 3.64. The van der Waals surface area contributed by atoms with Crippen LogP contribution in [0.4, 0.5) is 0 Å². The van der Waals surface area contributed by atoms with Crippen LogP contribution in [0.5, 0.6) is 0 Å². The van der Waals surface area contributed by atoms with Crippen molar-refractivity contribution >= 4 is 6.41 Å². The summed E-state index contributed by atoms with van der Waals surface area (Å²) in [7, 11) is 4.31. The van der Waals surface area contributed by atoms with Gasteiger partial charge in [-0.3, -0.25) is 4.79 Å². The van der Waals surface area contributed by atoms with Gasteiger partial charge >= 0.3 is 0 Å². The van der Waals surface area contributed by atoms with E-state index in [9.17, 15) is 4.79 Å². The van der Waals surface area contributed by atoms with Gasteiger partial charge in [-0.05, 0) is 40.0 Å². The number of rotatable bonds is 5. The van der Waals surface area contributed by atoms with Gasteiger partial charge in [-0.15, -0.1) is 0 Å². The zero-order valence-electron chi connectivity index (χ0n) is 9.20. The van der Waals surface area contributed by atoms with Crippen LogP contribution >= 0.6 is 0 Å². The van der Waals surface area contributed by atoms with E-state index in [1.165, 1.54) is 25.9 Å². The predicted molar refractivity (Wildman–Crippen MR) is 57.2 cm³/mol. The number of hydrogen-bond donors (Lipinski definition) is 1. The number of amides is 1. The Balaban J connectivity index is 2.16. The fraction of sp³-hybridized carbons (Fsp3) is 0.900. The first kappa shape index (κ1) is 11.5. The van der Waals surface area contributed by atoms with Gasteiger partial charge in [0.05, 0.1) is 0 Å². The van der Waals surface area contributed by atoms with Gasteiger partial charge in [0, 0.05) is 19.1 Å². The van der Waals surface area contributed by atoms with Crippen LogP contribution in [0.2, 0.25) is 0 Å². The van der Waals surface area contributed by atoms with E-state index in [1.54, 1.807) is 0 Å². The molecule has 14 heavy (non-hydrogen) atoms. The SMILES string of the molecule is CN1CCC(N(C)CCNC=O)CC1. The molecule has 1 saturated heterocycles. The van der Waals surface area contributed by atoms with Gasteiger partial charge in [-0.2, -0.15) is 0 Å². The maximum atomic E-state index is 10.1. The van der Waals surface area contributed by atoms with Crippen LogP contribution in [0.25, 0.3) is 0 Å². The Kier molecular flexibility index (Phi) is 4.90. The van der Waals surface area contributed by atoms with E-state index >= 15 is 0 Å². The fourth-order valence-corrected chi connectivity index (χ4v) is 1.92. The molecule has 0 aliphatic carbocycles. The highest BCUT2D eigenvalue weighted by molar-refractivity contribution is 5.45. The lowest BCUT2D eigenvalue weighted by atomic mass is 10.0. The van der Waals surface area contributed by atoms with Crippen LogP contribution in [0, 0.1) is 0 Å². The maximum absolute atomic E-state index is 10.1. The van der Waals surface area contributed by atoms with Crippen molar-refractivity contribution in [3.05, 3.63) is 0 Å². The number of carbonyl (C=O) groups is 1. The highest BCUT2D eigenvalue weighted by atomic mass is 16.1. The van der Waals surface area contributed by atoms with Gasteiger partial charge in [0.1, 0.15) is 0 Å². The summed E-state index contributed by atoms with van der Waals surface area (Å²) in [6, 6.07) is 0.694. The molecule has 1 amide bonds. The Labute approximate surface area is 86.2 Å². The van der Waals surface area contributed by atoms with E-state index in [2.05, 4.69) is 29.2 Å². The van der Waals surface area contributed by atoms with Crippen molar-refractivity contribution < 1.29 is 4.79 Å². The summed E-state index contributed by atoms with van der Waals surface area (Å²) in [4.78, 5) is 14.8. The van der Waals surface area contributed by atoms with Crippen LogP contribution < -0.4 is 5.32 Å². The summed E-state index contributed by atoms with van der Waals surface area (Å²) in [5.74, 6) is 0. The molecular weight excluding hydrogens is 178 g/mol. The molecular formula is C10H21N3O. The van der Waals surface area contributed by atoms with Crippen LogP contribution in [-0.2, 0) is 4.79 Å². The number of likely N-dealkylation sites (tertiary alicyclic amines) is 1. The van der Waals surface area contributed by atoms with E-state index in [1.807, 2.05) is 0 Å². The van der Waals surface area contributed by atoms with E-state index in [-0.39, 0.29) is 0 Å². The molecule has 0 bridgehead atoms. The molecule has 0 aromatic rings. The number of likely N-dealkylation sites (N-methyl/N-ethyl adjacent to an activating group) is 1. The first-order chi connectivity index (χ1) is 6.74. The smallest absolute Gasteiger partial charge is 0.207 e.